The van der Waals surface area contributed by atoms with Crippen molar-refractivity contribution in [3.63, 3.8) is 0 Å². The van der Waals surface area contributed by atoms with Gasteiger partial charge in [-0.25, -0.2) is 4.98 Å². The van der Waals surface area contributed by atoms with Crippen LogP contribution >= 0.6 is 0 Å². The molecule has 3 aromatic heterocycles. The van der Waals surface area contributed by atoms with Crippen LogP contribution in [0.4, 0.5) is 5.69 Å². The van der Waals surface area contributed by atoms with E-state index >= 15 is 0 Å². The Morgan fingerprint density at radius 3 is 3.00 bits per heavy atom. The number of hydrogen-bond donors (Lipinski definition) is 2. The molecule has 0 radical (unpaired) electrons. The summed E-state index contributed by atoms with van der Waals surface area (Å²) in [4.78, 5) is 36.0. The molecule has 5 rings (SSSR count). The van der Waals surface area contributed by atoms with E-state index in [1.54, 1.807) is 13.1 Å². The van der Waals surface area contributed by atoms with Crippen molar-refractivity contribution in [2.75, 3.05) is 38.2 Å². The summed E-state index contributed by atoms with van der Waals surface area (Å²) in [5.74, 6) is 0.311. The molecule has 162 valence electrons. The second-order valence-electron chi connectivity index (χ2n) is 8.10. The number of nitrogens with one attached hydrogen (secondary N) is 2. The molecule has 1 unspecified atom stereocenters. The van der Waals surface area contributed by atoms with Gasteiger partial charge in [-0.1, -0.05) is 6.92 Å². The molecule has 0 spiro atoms. The topological polar surface area (TPSA) is 95.0 Å². The maximum atomic E-state index is 12.1. The average Bonchev–Trinajstić information content (AvgIpc) is 3.17. The van der Waals surface area contributed by atoms with Crippen LogP contribution in [0.2, 0.25) is 0 Å². The molecule has 0 aromatic carbocycles. The Balaban J connectivity index is 1.30. The van der Waals surface area contributed by atoms with Crippen molar-refractivity contribution in [1.82, 2.24) is 24.6 Å². The molecule has 0 saturated carbocycles. The van der Waals surface area contributed by atoms with Gasteiger partial charge in [-0.3, -0.25) is 14.5 Å². The fraction of sp³-hybridized carbons (Fsp3) is 0.409. The minimum Gasteiger partial charge on any atom is -0.474 e. The van der Waals surface area contributed by atoms with Crippen LogP contribution in [0.25, 0.3) is 5.65 Å². The van der Waals surface area contributed by atoms with Crippen molar-refractivity contribution in [1.29, 1.82) is 0 Å². The zero-order valence-electron chi connectivity index (χ0n) is 17.7. The maximum absolute atomic E-state index is 12.1. The van der Waals surface area contributed by atoms with Gasteiger partial charge in [0.05, 0.1) is 6.04 Å². The number of piperazine rings is 1. The van der Waals surface area contributed by atoms with Gasteiger partial charge in [0.2, 0.25) is 5.88 Å². The Morgan fingerprint density at radius 2 is 2.19 bits per heavy atom. The van der Waals surface area contributed by atoms with Crippen molar-refractivity contribution in [2.45, 2.75) is 25.9 Å². The van der Waals surface area contributed by atoms with Crippen LogP contribution in [0.1, 0.15) is 28.5 Å². The molecule has 9 nitrogen and oxygen atoms in total. The lowest BCUT2D eigenvalue weighted by atomic mass is 10.1. The smallest absolute Gasteiger partial charge is 0.269 e. The first-order valence-corrected chi connectivity index (χ1v) is 10.6. The van der Waals surface area contributed by atoms with E-state index in [0.29, 0.717) is 24.6 Å². The minimum atomic E-state index is -0.217. The molecule has 1 fully saturated rings. The third-order valence-electron chi connectivity index (χ3n) is 6.11. The molecule has 1 amide bonds. The number of carbonyl (C=O) groups is 1. The van der Waals surface area contributed by atoms with E-state index in [4.69, 9.17) is 4.74 Å². The van der Waals surface area contributed by atoms with Gasteiger partial charge >= 0.3 is 0 Å². The summed E-state index contributed by atoms with van der Waals surface area (Å²) in [7, 11) is 1.59. The number of rotatable bonds is 4. The van der Waals surface area contributed by atoms with Crippen LogP contribution in [0.3, 0.4) is 0 Å². The molecule has 0 bridgehead atoms. The fourth-order valence-electron chi connectivity index (χ4n) is 4.47. The molecule has 31 heavy (non-hydrogen) atoms. The van der Waals surface area contributed by atoms with E-state index in [0.717, 1.165) is 43.1 Å². The summed E-state index contributed by atoms with van der Waals surface area (Å²) < 4.78 is 7.91. The quantitative estimate of drug-likeness (QED) is 0.652. The molecule has 1 atom stereocenters. The molecule has 2 aliphatic rings. The van der Waals surface area contributed by atoms with Crippen molar-refractivity contribution in [3.8, 4) is 5.88 Å². The number of aromatic nitrogens is 3. The van der Waals surface area contributed by atoms with Crippen LogP contribution in [0.15, 0.2) is 35.4 Å². The Bertz CT molecular complexity index is 1200. The number of amides is 1. The van der Waals surface area contributed by atoms with Gasteiger partial charge in [0.15, 0.2) is 0 Å². The third kappa shape index (κ3) is 3.54. The second kappa shape index (κ2) is 7.73. The Labute approximate surface area is 179 Å². The van der Waals surface area contributed by atoms with Crippen molar-refractivity contribution in [2.24, 2.45) is 0 Å². The number of aromatic amines is 1. The number of hydrogen-bond acceptors (Lipinski definition) is 6. The molecule has 2 N–H and O–H groups in total. The molecular formula is C22H26N6O3. The average molecular weight is 422 g/mol. The maximum Gasteiger partial charge on any atom is 0.269 e. The number of H-pyrrole nitrogens is 1. The number of nitrogens with zero attached hydrogens (tertiary/aromatic N) is 4. The van der Waals surface area contributed by atoms with Crippen LogP contribution in [0.5, 0.6) is 5.88 Å². The summed E-state index contributed by atoms with van der Waals surface area (Å²) >= 11 is 0. The number of ether oxygens (including phenoxy) is 1. The van der Waals surface area contributed by atoms with Gasteiger partial charge < -0.3 is 24.3 Å². The third-order valence-corrected chi connectivity index (χ3v) is 6.11. The molecule has 3 aromatic rings. The monoisotopic (exact) mass is 422 g/mol. The molecule has 0 aliphatic carbocycles. The van der Waals surface area contributed by atoms with Crippen molar-refractivity contribution in [3.05, 3.63) is 57.8 Å². The number of anilines is 1. The molecule has 5 heterocycles. The lowest BCUT2D eigenvalue weighted by Crippen LogP contribution is -2.57. The predicted molar refractivity (Wildman–Crippen MR) is 117 cm³/mol. The van der Waals surface area contributed by atoms with Gasteiger partial charge in [0.1, 0.15) is 23.6 Å². The summed E-state index contributed by atoms with van der Waals surface area (Å²) in [6, 6.07) is 5.95. The fourth-order valence-corrected chi connectivity index (χ4v) is 4.47. The lowest BCUT2D eigenvalue weighted by molar-refractivity contribution is 0.0956. The number of fused-ring (bicyclic) bond motifs is 4. The Kier molecular flexibility index (Phi) is 4.90. The van der Waals surface area contributed by atoms with Gasteiger partial charge in [-0.05, 0) is 30.2 Å². The van der Waals surface area contributed by atoms with Gasteiger partial charge in [-0.2, -0.15) is 0 Å². The van der Waals surface area contributed by atoms with Crippen LogP contribution in [0, 0.1) is 0 Å². The van der Waals surface area contributed by atoms with Gasteiger partial charge in [-0.15, -0.1) is 0 Å². The first-order valence-electron chi connectivity index (χ1n) is 10.6. The standard InChI is InChI=1S/C22H26N6O3/c1-3-15-11-27-10-14(8-19(27)25-20(15)29)9-26-6-7-28-16(12-26)13-31-22-18(28)5-4-17(24-22)21(30)23-2/h4-5,8,10-11,16H,3,6-7,9,12-13H2,1-2H3,(H,23,30)(H,25,29). The summed E-state index contributed by atoms with van der Waals surface area (Å²) in [6.45, 7) is 6.00. The highest BCUT2D eigenvalue weighted by molar-refractivity contribution is 5.92. The van der Waals surface area contributed by atoms with E-state index in [1.165, 1.54) is 5.56 Å². The van der Waals surface area contributed by atoms with E-state index in [-0.39, 0.29) is 17.5 Å². The highest BCUT2D eigenvalue weighted by atomic mass is 16.5. The predicted octanol–water partition coefficient (Wildman–Crippen LogP) is 1.03. The second-order valence-corrected chi connectivity index (χ2v) is 8.10. The summed E-state index contributed by atoms with van der Waals surface area (Å²) in [6.07, 6.45) is 4.72. The molecule has 9 heteroatoms. The van der Waals surface area contributed by atoms with Crippen LogP contribution in [-0.4, -0.2) is 64.5 Å². The normalized spacial score (nSPS) is 18.4. The number of aryl methyl sites for hydroxylation is 1. The summed E-state index contributed by atoms with van der Waals surface area (Å²) in [5.41, 5.74) is 4.08. The highest BCUT2D eigenvalue weighted by Crippen LogP contribution is 2.34. The SMILES string of the molecule is CCc1cn2cc(CN3CCN4c5ccc(C(=O)NC)nc5OCC4C3)cc2[nH]c1=O. The summed E-state index contributed by atoms with van der Waals surface area (Å²) in [5, 5.41) is 2.59. The van der Waals surface area contributed by atoms with E-state index in [2.05, 4.69) is 31.3 Å². The van der Waals surface area contributed by atoms with Gasteiger partial charge in [0, 0.05) is 51.2 Å². The zero-order chi connectivity index (χ0) is 21.5. The Hall–Kier alpha value is -3.33. The number of carbonyl (C=O) groups excluding carboxylic acids is 1. The molecular weight excluding hydrogens is 396 g/mol. The van der Waals surface area contributed by atoms with E-state index < -0.39 is 0 Å². The lowest BCUT2D eigenvalue weighted by Gasteiger charge is -2.45. The Morgan fingerprint density at radius 1 is 1.32 bits per heavy atom. The van der Waals surface area contributed by atoms with E-state index in [1.807, 2.05) is 29.7 Å². The first-order chi connectivity index (χ1) is 15.1. The van der Waals surface area contributed by atoms with E-state index in [9.17, 15) is 9.59 Å². The number of pyridine rings is 1. The zero-order valence-corrected chi connectivity index (χ0v) is 17.7. The van der Waals surface area contributed by atoms with Crippen LogP contribution in [-0.2, 0) is 13.0 Å². The molecule has 1 saturated heterocycles. The van der Waals surface area contributed by atoms with Crippen molar-refractivity contribution < 1.29 is 9.53 Å². The first kappa shape index (κ1) is 19.6. The highest BCUT2D eigenvalue weighted by Gasteiger charge is 2.34. The van der Waals surface area contributed by atoms with Gasteiger partial charge in [0.25, 0.3) is 11.5 Å². The molecule has 2 aliphatic heterocycles. The van der Waals surface area contributed by atoms with Crippen LogP contribution < -0.4 is 20.5 Å². The minimum absolute atomic E-state index is 0.0144. The largest absolute Gasteiger partial charge is 0.474 e. The van der Waals surface area contributed by atoms with Crippen molar-refractivity contribution >= 4 is 17.2 Å².